The van der Waals surface area contributed by atoms with Crippen molar-refractivity contribution in [3.05, 3.63) is 0 Å². The first-order valence-corrected chi connectivity index (χ1v) is 10.3. The van der Waals surface area contributed by atoms with Crippen LogP contribution in [0.3, 0.4) is 0 Å². The first-order chi connectivity index (χ1) is 13.2. The van der Waals surface area contributed by atoms with E-state index >= 15 is 0 Å². The van der Waals surface area contributed by atoms with Gasteiger partial charge in [0.25, 0.3) is 0 Å². The number of amides is 4. The van der Waals surface area contributed by atoms with Gasteiger partial charge in [0.1, 0.15) is 12.1 Å². The summed E-state index contributed by atoms with van der Waals surface area (Å²) >= 11 is 0. The standard InChI is InChI=1S/C20H34N4O4/c1-12(2)9-16-20(28)23-15(18(21)26)11-13-10-14(22-19(13)27)7-5-4-6-8-17(25)24(16)3/h12-16H,4-11H2,1-3H3,(H2,21,26)(H,22,27)(H,23,28)/t13-,14+,15-,16-/m0/s1. The van der Waals surface area contributed by atoms with Crippen molar-refractivity contribution in [3.63, 3.8) is 0 Å². The Kier molecular flexibility index (Phi) is 7.83. The molecule has 0 aromatic carbocycles. The molecule has 2 heterocycles. The molecule has 0 aromatic heterocycles. The fourth-order valence-electron chi connectivity index (χ4n) is 4.10. The van der Waals surface area contributed by atoms with Gasteiger partial charge in [-0.1, -0.05) is 26.7 Å². The normalized spacial score (nSPS) is 30.4. The zero-order valence-electron chi connectivity index (χ0n) is 17.2. The van der Waals surface area contributed by atoms with Crippen LogP contribution in [0.15, 0.2) is 0 Å². The first-order valence-electron chi connectivity index (χ1n) is 10.3. The zero-order valence-corrected chi connectivity index (χ0v) is 17.2. The Morgan fingerprint density at radius 2 is 1.82 bits per heavy atom. The van der Waals surface area contributed by atoms with Gasteiger partial charge in [-0.25, -0.2) is 0 Å². The van der Waals surface area contributed by atoms with Crippen molar-refractivity contribution in [1.82, 2.24) is 15.5 Å². The van der Waals surface area contributed by atoms with Gasteiger partial charge >= 0.3 is 0 Å². The van der Waals surface area contributed by atoms with Crippen LogP contribution in [0.5, 0.6) is 0 Å². The van der Waals surface area contributed by atoms with Gasteiger partial charge in [0.2, 0.25) is 23.6 Å². The third kappa shape index (κ3) is 5.94. The predicted octanol–water partition coefficient (Wildman–Crippen LogP) is 0.689. The van der Waals surface area contributed by atoms with Crippen molar-refractivity contribution in [2.75, 3.05) is 7.05 Å². The third-order valence-corrected chi connectivity index (χ3v) is 5.77. The van der Waals surface area contributed by atoms with Gasteiger partial charge in [0.05, 0.1) is 0 Å². The van der Waals surface area contributed by atoms with Crippen LogP contribution in [0.2, 0.25) is 0 Å². The van der Waals surface area contributed by atoms with Crippen LogP contribution in [0, 0.1) is 11.8 Å². The molecule has 4 N–H and O–H groups in total. The van der Waals surface area contributed by atoms with Crippen molar-refractivity contribution < 1.29 is 19.2 Å². The summed E-state index contributed by atoms with van der Waals surface area (Å²) in [5.74, 6) is -1.34. The van der Waals surface area contributed by atoms with E-state index in [1.807, 2.05) is 13.8 Å². The molecule has 2 fully saturated rings. The number of hydrogen-bond donors (Lipinski definition) is 3. The fourth-order valence-corrected chi connectivity index (χ4v) is 4.10. The Morgan fingerprint density at radius 1 is 1.11 bits per heavy atom. The topological polar surface area (TPSA) is 122 Å². The lowest BCUT2D eigenvalue weighted by atomic mass is 9.94. The highest BCUT2D eigenvalue weighted by Crippen LogP contribution is 2.25. The molecule has 4 amide bonds. The summed E-state index contributed by atoms with van der Waals surface area (Å²) in [7, 11) is 1.64. The highest BCUT2D eigenvalue weighted by molar-refractivity contribution is 5.92. The van der Waals surface area contributed by atoms with Gasteiger partial charge in [-0.3, -0.25) is 19.2 Å². The SMILES string of the molecule is CC(C)C[C@H]1C(=O)N[C@H](C(N)=O)C[C@@H]2C[C@@H](CCCCCC(=O)N1C)NC2=O. The summed E-state index contributed by atoms with van der Waals surface area (Å²) in [4.78, 5) is 51.2. The maximum Gasteiger partial charge on any atom is 0.243 e. The molecule has 2 saturated heterocycles. The average molecular weight is 395 g/mol. The molecule has 8 heteroatoms. The fraction of sp³-hybridized carbons (Fsp3) is 0.800. The van der Waals surface area contributed by atoms with Gasteiger partial charge < -0.3 is 21.3 Å². The maximum absolute atomic E-state index is 12.9. The maximum atomic E-state index is 12.9. The number of carbonyl (C=O) groups is 4. The second-order valence-corrected chi connectivity index (χ2v) is 8.59. The third-order valence-electron chi connectivity index (χ3n) is 5.77. The van der Waals surface area contributed by atoms with E-state index in [1.54, 1.807) is 7.05 Å². The van der Waals surface area contributed by atoms with Gasteiger partial charge in [0, 0.05) is 25.4 Å². The van der Waals surface area contributed by atoms with Crippen LogP contribution in [0.25, 0.3) is 0 Å². The molecule has 4 atom stereocenters. The second-order valence-electron chi connectivity index (χ2n) is 8.59. The highest BCUT2D eigenvalue weighted by Gasteiger charge is 2.37. The molecule has 0 radical (unpaired) electrons. The molecule has 0 aromatic rings. The van der Waals surface area contributed by atoms with Crippen LogP contribution in [-0.4, -0.2) is 53.7 Å². The molecule has 8 nitrogen and oxygen atoms in total. The van der Waals surface area contributed by atoms with Crippen LogP contribution < -0.4 is 16.4 Å². The van der Waals surface area contributed by atoms with Crippen molar-refractivity contribution in [2.45, 2.75) is 83.3 Å². The summed E-state index contributed by atoms with van der Waals surface area (Å²) in [6.45, 7) is 3.96. The Balaban J connectivity index is 2.23. The van der Waals surface area contributed by atoms with E-state index in [2.05, 4.69) is 10.6 Å². The van der Waals surface area contributed by atoms with E-state index in [-0.39, 0.29) is 36.1 Å². The number of primary amides is 1. The van der Waals surface area contributed by atoms with Crippen molar-refractivity contribution >= 4 is 23.6 Å². The quantitative estimate of drug-likeness (QED) is 0.652. The molecule has 2 aliphatic rings. The largest absolute Gasteiger partial charge is 0.368 e. The molecular weight excluding hydrogens is 360 g/mol. The van der Waals surface area contributed by atoms with Gasteiger partial charge in [-0.2, -0.15) is 0 Å². The molecule has 0 saturated carbocycles. The second kappa shape index (κ2) is 9.89. The number of fused-ring (bicyclic) bond motifs is 2. The number of nitrogens with two attached hydrogens (primary N) is 1. The van der Waals surface area contributed by atoms with E-state index < -0.39 is 23.9 Å². The summed E-state index contributed by atoms with van der Waals surface area (Å²) in [6, 6.07) is -1.51. The van der Waals surface area contributed by atoms with Crippen molar-refractivity contribution in [2.24, 2.45) is 17.6 Å². The van der Waals surface area contributed by atoms with Crippen LogP contribution >= 0.6 is 0 Å². The van der Waals surface area contributed by atoms with Crippen LogP contribution in [0.1, 0.15) is 65.2 Å². The molecule has 158 valence electrons. The zero-order chi connectivity index (χ0) is 20.8. The minimum atomic E-state index is -0.926. The lowest BCUT2D eigenvalue weighted by Crippen LogP contribution is -2.54. The van der Waals surface area contributed by atoms with E-state index in [0.717, 1.165) is 25.7 Å². The van der Waals surface area contributed by atoms with E-state index in [0.29, 0.717) is 19.3 Å². The molecule has 2 aliphatic heterocycles. The van der Waals surface area contributed by atoms with Gasteiger partial charge in [-0.15, -0.1) is 0 Å². The molecule has 0 aliphatic carbocycles. The molecule has 28 heavy (non-hydrogen) atoms. The number of nitrogens with one attached hydrogen (secondary N) is 2. The Bertz CT molecular complexity index is 607. The molecule has 2 bridgehead atoms. The summed E-state index contributed by atoms with van der Waals surface area (Å²) < 4.78 is 0. The Morgan fingerprint density at radius 3 is 2.46 bits per heavy atom. The summed E-state index contributed by atoms with van der Waals surface area (Å²) in [5, 5.41) is 5.69. The monoisotopic (exact) mass is 394 g/mol. The number of carbonyl (C=O) groups excluding carboxylic acids is 4. The predicted molar refractivity (Wildman–Crippen MR) is 105 cm³/mol. The summed E-state index contributed by atoms with van der Waals surface area (Å²) in [5.41, 5.74) is 5.51. The van der Waals surface area contributed by atoms with Gasteiger partial charge in [0.15, 0.2) is 0 Å². The average Bonchev–Trinajstić information content (AvgIpc) is 2.96. The minimum absolute atomic E-state index is 0.0684. The Hall–Kier alpha value is -2.12. The van der Waals surface area contributed by atoms with Crippen molar-refractivity contribution in [1.29, 1.82) is 0 Å². The minimum Gasteiger partial charge on any atom is -0.368 e. The number of rotatable bonds is 3. The van der Waals surface area contributed by atoms with Gasteiger partial charge in [-0.05, 0) is 38.0 Å². The van der Waals surface area contributed by atoms with Crippen molar-refractivity contribution in [3.8, 4) is 0 Å². The molecule has 0 unspecified atom stereocenters. The van der Waals surface area contributed by atoms with E-state index in [9.17, 15) is 19.2 Å². The number of hydrogen-bond acceptors (Lipinski definition) is 4. The summed E-state index contributed by atoms with van der Waals surface area (Å²) in [6.07, 6.45) is 5.16. The molecule has 2 rings (SSSR count). The highest BCUT2D eigenvalue weighted by atomic mass is 16.2. The van der Waals surface area contributed by atoms with E-state index in [4.69, 9.17) is 5.73 Å². The van der Waals surface area contributed by atoms with Crippen LogP contribution in [-0.2, 0) is 19.2 Å². The van der Waals surface area contributed by atoms with Crippen LogP contribution in [0.4, 0.5) is 0 Å². The Labute approximate surface area is 167 Å². The van der Waals surface area contributed by atoms with E-state index in [1.165, 1.54) is 4.90 Å². The molecular formula is C20H34N4O4. The smallest absolute Gasteiger partial charge is 0.243 e. The molecule has 0 spiro atoms. The first kappa shape index (κ1) is 22.2. The number of likely N-dealkylation sites (N-methyl/N-ethyl adjacent to an activating group) is 1. The lowest BCUT2D eigenvalue weighted by Gasteiger charge is -2.30. The lowest BCUT2D eigenvalue weighted by molar-refractivity contribution is -0.140. The number of nitrogens with zero attached hydrogens (tertiary/aromatic N) is 1.